The van der Waals surface area contributed by atoms with Gasteiger partial charge in [0.05, 0.1) is 5.56 Å². The number of amides is 1. The summed E-state index contributed by atoms with van der Waals surface area (Å²) in [5.74, 6) is 0.158. The summed E-state index contributed by atoms with van der Waals surface area (Å²) in [5, 5.41) is 0.859. The average molecular weight is 442 g/mol. The summed E-state index contributed by atoms with van der Waals surface area (Å²) in [6.45, 7) is 9.75. The van der Waals surface area contributed by atoms with Crippen LogP contribution in [0.1, 0.15) is 30.9 Å². The lowest BCUT2D eigenvalue weighted by atomic mass is 9.99. The number of fused-ring (bicyclic) bond motifs is 1. The van der Waals surface area contributed by atoms with E-state index in [1.54, 1.807) is 23.1 Å². The molecule has 166 valence electrons. The van der Waals surface area contributed by atoms with Gasteiger partial charge in [-0.3, -0.25) is 14.5 Å². The van der Waals surface area contributed by atoms with Crippen molar-refractivity contribution >= 4 is 16.8 Å². The fraction of sp³-hybridized carbons (Fsp3) is 0.348. The first kappa shape index (κ1) is 21.7. The fourth-order valence-corrected chi connectivity index (χ4v) is 3.96. The van der Waals surface area contributed by atoms with Crippen LogP contribution in [0.2, 0.25) is 0 Å². The molecule has 0 bridgehead atoms. The summed E-state index contributed by atoms with van der Waals surface area (Å²) in [4.78, 5) is 25.0. The minimum absolute atomic E-state index is 0.0285. The molecule has 2 aromatic heterocycles. The Morgan fingerprint density at radius 3 is 2.88 bits per heavy atom. The third kappa shape index (κ3) is 4.40. The van der Waals surface area contributed by atoms with Crippen LogP contribution in [0.4, 0.5) is 13.2 Å². The molecule has 3 heterocycles. The van der Waals surface area contributed by atoms with Crippen molar-refractivity contribution in [2.45, 2.75) is 38.5 Å². The third-order valence-electron chi connectivity index (χ3n) is 5.63. The number of benzene rings is 1. The molecule has 3 aromatic rings. The van der Waals surface area contributed by atoms with Crippen LogP contribution in [0.15, 0.2) is 42.7 Å². The van der Waals surface area contributed by atoms with Crippen LogP contribution >= 0.6 is 0 Å². The van der Waals surface area contributed by atoms with E-state index in [1.165, 1.54) is 6.07 Å². The minimum atomic E-state index is -4.46. The standard InChI is InChI=1S/C23H21F3N4O2/c1-14(22(31)30-9-3-4-20(30)27-2)10-15-12-28-19-7-6-17(11-18(15)19)32-21-8-5-16(13-29-21)23(24,25)26/h5-8,11-14,20,28H,3-4,9-10H2,1H3/t14-,20-/m0/s1. The molecule has 1 amide bonds. The molecule has 32 heavy (non-hydrogen) atoms. The number of nitrogens with one attached hydrogen (secondary N) is 1. The number of nitrogens with zero attached hydrogens (tertiary/aromatic N) is 3. The van der Waals surface area contributed by atoms with Gasteiger partial charge in [0, 0.05) is 48.2 Å². The van der Waals surface area contributed by atoms with Gasteiger partial charge in [-0.25, -0.2) is 11.6 Å². The molecule has 4 rings (SSSR count). The van der Waals surface area contributed by atoms with E-state index >= 15 is 0 Å². The molecule has 0 unspecified atom stereocenters. The van der Waals surface area contributed by atoms with Gasteiger partial charge in [0.15, 0.2) is 0 Å². The zero-order valence-electron chi connectivity index (χ0n) is 17.3. The zero-order valence-corrected chi connectivity index (χ0v) is 17.3. The maximum atomic E-state index is 12.8. The van der Waals surface area contributed by atoms with Crippen molar-refractivity contribution in [2.75, 3.05) is 6.54 Å². The highest BCUT2D eigenvalue weighted by Gasteiger charge is 2.35. The van der Waals surface area contributed by atoms with Gasteiger partial charge in [-0.15, -0.1) is 0 Å². The summed E-state index contributed by atoms with van der Waals surface area (Å²) in [7, 11) is 0. The molecule has 1 N–H and O–H groups in total. The van der Waals surface area contributed by atoms with Gasteiger partial charge >= 0.3 is 12.3 Å². The fourth-order valence-electron chi connectivity index (χ4n) is 3.96. The maximum absolute atomic E-state index is 12.8. The normalized spacial score (nSPS) is 17.3. The van der Waals surface area contributed by atoms with Crippen molar-refractivity contribution in [3.05, 3.63) is 65.3 Å². The smallest absolute Gasteiger partial charge is 0.417 e. The van der Waals surface area contributed by atoms with Crippen LogP contribution in [-0.2, 0) is 17.4 Å². The summed E-state index contributed by atoms with van der Waals surface area (Å²) in [6, 6.07) is 7.37. The molecular weight excluding hydrogens is 421 g/mol. The number of halogens is 3. The van der Waals surface area contributed by atoms with Gasteiger partial charge in [0.2, 0.25) is 11.8 Å². The molecule has 1 saturated heterocycles. The molecular formula is C23H21F3N4O2. The van der Waals surface area contributed by atoms with E-state index in [2.05, 4.69) is 14.8 Å². The molecule has 1 aromatic carbocycles. The van der Waals surface area contributed by atoms with Gasteiger partial charge in [-0.05, 0) is 42.7 Å². The molecule has 1 aliphatic heterocycles. The molecule has 2 atom stereocenters. The lowest BCUT2D eigenvalue weighted by Gasteiger charge is -2.20. The molecule has 0 radical (unpaired) electrons. The Labute approximate surface area is 182 Å². The lowest BCUT2D eigenvalue weighted by Crippen LogP contribution is -2.38. The van der Waals surface area contributed by atoms with Gasteiger partial charge in [-0.2, -0.15) is 13.2 Å². The monoisotopic (exact) mass is 442 g/mol. The molecule has 9 heteroatoms. The summed E-state index contributed by atoms with van der Waals surface area (Å²) in [5.41, 5.74) is 0.933. The first-order chi connectivity index (χ1) is 15.3. The Kier molecular flexibility index (Phi) is 5.78. The molecule has 0 spiro atoms. The van der Waals surface area contributed by atoms with Gasteiger partial charge < -0.3 is 9.72 Å². The van der Waals surface area contributed by atoms with Gasteiger partial charge in [0.1, 0.15) is 5.75 Å². The highest BCUT2D eigenvalue weighted by molar-refractivity contribution is 5.86. The predicted octanol–water partition coefficient (Wildman–Crippen LogP) is 5.42. The van der Waals surface area contributed by atoms with Crippen LogP contribution in [0.3, 0.4) is 0 Å². The molecule has 6 nitrogen and oxygen atoms in total. The number of aromatic amines is 1. The van der Waals surface area contributed by atoms with E-state index < -0.39 is 11.7 Å². The van der Waals surface area contributed by atoms with E-state index in [4.69, 9.17) is 11.3 Å². The first-order valence-corrected chi connectivity index (χ1v) is 10.2. The lowest BCUT2D eigenvalue weighted by molar-refractivity contribution is -0.138. The first-order valence-electron chi connectivity index (χ1n) is 10.2. The van der Waals surface area contributed by atoms with E-state index in [-0.39, 0.29) is 23.9 Å². The molecule has 0 aliphatic carbocycles. The van der Waals surface area contributed by atoms with E-state index in [0.29, 0.717) is 25.1 Å². The van der Waals surface area contributed by atoms with Crippen LogP contribution < -0.4 is 4.74 Å². The van der Waals surface area contributed by atoms with Crippen LogP contribution in [0.5, 0.6) is 11.6 Å². The largest absolute Gasteiger partial charge is 0.439 e. The van der Waals surface area contributed by atoms with Crippen molar-refractivity contribution in [3.63, 3.8) is 0 Å². The molecule has 0 saturated carbocycles. The number of H-pyrrole nitrogens is 1. The van der Waals surface area contributed by atoms with E-state index in [9.17, 15) is 18.0 Å². The topological polar surface area (TPSA) is 62.6 Å². The summed E-state index contributed by atoms with van der Waals surface area (Å²) >= 11 is 0. The van der Waals surface area contributed by atoms with E-state index in [0.717, 1.165) is 35.2 Å². The van der Waals surface area contributed by atoms with Crippen molar-refractivity contribution < 1.29 is 22.7 Å². The Balaban J connectivity index is 1.50. The number of carbonyl (C=O) groups excluding carboxylic acids is 1. The number of likely N-dealkylation sites (tertiary alicyclic amines) is 1. The second-order valence-corrected chi connectivity index (χ2v) is 7.89. The number of aromatic nitrogens is 2. The number of ether oxygens (including phenoxy) is 1. The summed E-state index contributed by atoms with van der Waals surface area (Å²) in [6.07, 6.45) is -0.206. The van der Waals surface area contributed by atoms with Crippen molar-refractivity contribution in [1.82, 2.24) is 14.9 Å². The Morgan fingerprint density at radius 2 is 2.19 bits per heavy atom. The number of rotatable bonds is 5. The highest BCUT2D eigenvalue weighted by atomic mass is 19.4. The Bertz CT molecular complexity index is 1160. The highest BCUT2D eigenvalue weighted by Crippen LogP contribution is 2.32. The van der Waals surface area contributed by atoms with Crippen LogP contribution in [0, 0.1) is 12.5 Å². The Hall–Kier alpha value is -3.54. The van der Waals surface area contributed by atoms with Crippen molar-refractivity contribution in [1.29, 1.82) is 0 Å². The number of carbonyl (C=O) groups is 1. The van der Waals surface area contributed by atoms with Crippen LogP contribution in [0.25, 0.3) is 15.7 Å². The Morgan fingerprint density at radius 1 is 1.38 bits per heavy atom. The second-order valence-electron chi connectivity index (χ2n) is 7.89. The van der Waals surface area contributed by atoms with Gasteiger partial charge in [-0.1, -0.05) is 6.92 Å². The quantitative estimate of drug-likeness (QED) is 0.537. The van der Waals surface area contributed by atoms with Crippen molar-refractivity contribution in [3.8, 4) is 11.6 Å². The maximum Gasteiger partial charge on any atom is 0.417 e. The minimum Gasteiger partial charge on any atom is -0.439 e. The van der Waals surface area contributed by atoms with Crippen LogP contribution in [-0.4, -0.2) is 33.5 Å². The molecule has 1 aliphatic rings. The second kappa shape index (κ2) is 8.54. The van der Waals surface area contributed by atoms with Crippen molar-refractivity contribution in [2.24, 2.45) is 5.92 Å². The van der Waals surface area contributed by atoms with E-state index in [1.807, 2.05) is 13.1 Å². The number of hydrogen-bond acceptors (Lipinski definition) is 3. The number of pyridine rings is 1. The summed E-state index contributed by atoms with van der Waals surface area (Å²) < 4.78 is 43.8. The third-order valence-corrected chi connectivity index (χ3v) is 5.63. The van der Waals surface area contributed by atoms with Gasteiger partial charge in [0.25, 0.3) is 0 Å². The average Bonchev–Trinajstić information content (AvgIpc) is 3.40. The molecule has 1 fully saturated rings. The predicted molar refractivity (Wildman–Crippen MR) is 112 cm³/mol. The number of hydrogen-bond donors (Lipinski definition) is 1. The zero-order chi connectivity index (χ0) is 22.9. The SMILES string of the molecule is [C-]#[N+][C@@H]1CCCN1C(=O)[C@@H](C)Cc1c[nH]c2ccc(Oc3ccc(C(F)(F)F)cn3)cc12. The number of alkyl halides is 3.